The zero-order chi connectivity index (χ0) is 12.1. The predicted molar refractivity (Wildman–Crippen MR) is 72.3 cm³/mol. The Hall–Kier alpha value is -0.480. The molecule has 0 saturated heterocycles. The second-order valence-electron chi connectivity index (χ2n) is 4.69. The van der Waals surface area contributed by atoms with Crippen molar-refractivity contribution in [1.82, 2.24) is 10.5 Å². The molecule has 0 aromatic carbocycles. The van der Waals surface area contributed by atoms with Gasteiger partial charge in [0.25, 0.3) is 0 Å². The molecule has 0 bridgehead atoms. The van der Waals surface area contributed by atoms with Gasteiger partial charge in [0, 0.05) is 23.9 Å². The molecule has 2 atom stereocenters. The van der Waals surface area contributed by atoms with Crippen LogP contribution in [0.1, 0.15) is 44.1 Å². The van der Waals surface area contributed by atoms with Crippen molar-refractivity contribution >= 4 is 11.8 Å². The third kappa shape index (κ3) is 3.75. The second kappa shape index (κ2) is 6.45. The number of rotatable bonds is 5. The number of hydrogen-bond donors (Lipinski definition) is 1. The van der Waals surface area contributed by atoms with Crippen molar-refractivity contribution in [3.8, 4) is 0 Å². The Labute approximate surface area is 108 Å². The molecule has 1 saturated carbocycles. The summed E-state index contributed by atoms with van der Waals surface area (Å²) in [6, 6.07) is 2.66. The molecule has 2 rings (SSSR count). The number of thioether (sulfide) groups is 1. The molecule has 1 fully saturated rings. The maximum absolute atomic E-state index is 5.08. The van der Waals surface area contributed by atoms with Gasteiger partial charge in [0.1, 0.15) is 5.76 Å². The van der Waals surface area contributed by atoms with E-state index in [0.717, 1.165) is 23.2 Å². The molecule has 1 aromatic heterocycles. The Bertz CT molecular complexity index is 338. The van der Waals surface area contributed by atoms with Crippen LogP contribution in [0.2, 0.25) is 0 Å². The first kappa shape index (κ1) is 13.0. The highest BCUT2D eigenvalue weighted by Gasteiger charge is 2.24. The number of hydrogen-bond acceptors (Lipinski definition) is 4. The van der Waals surface area contributed by atoms with Crippen molar-refractivity contribution in [2.75, 3.05) is 5.75 Å². The average molecular weight is 254 g/mol. The van der Waals surface area contributed by atoms with Crippen LogP contribution in [0.15, 0.2) is 10.6 Å². The van der Waals surface area contributed by atoms with E-state index in [4.69, 9.17) is 4.52 Å². The number of nitrogens with one attached hydrogen (secondary N) is 1. The molecular formula is C13H22N2OS. The first-order valence-corrected chi connectivity index (χ1v) is 7.61. The Kier molecular flexibility index (Phi) is 4.92. The van der Waals surface area contributed by atoms with Gasteiger partial charge in [-0.15, -0.1) is 0 Å². The third-order valence-corrected chi connectivity index (χ3v) is 4.63. The SMILES string of the molecule is CCS[C@@H]1CCCC[C@@H]1NCc1cc(C)on1. The monoisotopic (exact) mass is 254 g/mol. The van der Waals surface area contributed by atoms with Crippen molar-refractivity contribution in [2.24, 2.45) is 0 Å². The molecule has 1 aliphatic carbocycles. The number of nitrogens with zero attached hydrogens (tertiary/aromatic N) is 1. The van der Waals surface area contributed by atoms with E-state index in [2.05, 4.69) is 29.2 Å². The van der Waals surface area contributed by atoms with Crippen LogP contribution in [-0.2, 0) is 6.54 Å². The fourth-order valence-corrected chi connectivity index (χ4v) is 3.71. The quantitative estimate of drug-likeness (QED) is 0.876. The Balaban J connectivity index is 1.83. The summed E-state index contributed by atoms with van der Waals surface area (Å²) in [5.74, 6) is 2.11. The highest BCUT2D eigenvalue weighted by molar-refractivity contribution is 7.99. The molecule has 17 heavy (non-hydrogen) atoms. The standard InChI is InChI=1S/C13H22N2OS/c1-3-17-13-7-5-4-6-12(13)14-9-11-8-10(2)16-15-11/h8,12-14H,3-7,9H2,1-2H3/t12-,13+/m0/s1. The Morgan fingerprint density at radius 1 is 1.47 bits per heavy atom. The second-order valence-corrected chi connectivity index (χ2v) is 6.21. The zero-order valence-corrected chi connectivity index (χ0v) is 11.6. The zero-order valence-electron chi connectivity index (χ0n) is 10.7. The van der Waals surface area contributed by atoms with Crippen LogP contribution in [0.3, 0.4) is 0 Å². The van der Waals surface area contributed by atoms with Crippen LogP contribution >= 0.6 is 11.8 Å². The van der Waals surface area contributed by atoms with E-state index in [0.29, 0.717) is 6.04 Å². The van der Waals surface area contributed by atoms with Gasteiger partial charge in [-0.2, -0.15) is 11.8 Å². The van der Waals surface area contributed by atoms with Gasteiger partial charge in [0.05, 0.1) is 5.69 Å². The van der Waals surface area contributed by atoms with E-state index in [1.165, 1.54) is 31.4 Å². The Morgan fingerprint density at radius 2 is 2.29 bits per heavy atom. The first-order valence-electron chi connectivity index (χ1n) is 6.56. The minimum absolute atomic E-state index is 0.644. The van der Waals surface area contributed by atoms with Crippen LogP contribution in [0.25, 0.3) is 0 Å². The third-order valence-electron chi connectivity index (χ3n) is 3.31. The van der Waals surface area contributed by atoms with Gasteiger partial charge in [-0.1, -0.05) is 24.9 Å². The molecule has 4 heteroatoms. The minimum atomic E-state index is 0.644. The summed E-state index contributed by atoms with van der Waals surface area (Å²) in [5.41, 5.74) is 1.02. The van der Waals surface area contributed by atoms with Gasteiger partial charge in [0.2, 0.25) is 0 Å². The minimum Gasteiger partial charge on any atom is -0.361 e. The van der Waals surface area contributed by atoms with Gasteiger partial charge >= 0.3 is 0 Å². The molecule has 0 spiro atoms. The average Bonchev–Trinajstić information content (AvgIpc) is 2.74. The van der Waals surface area contributed by atoms with E-state index >= 15 is 0 Å². The fourth-order valence-electron chi connectivity index (χ4n) is 2.48. The molecule has 0 amide bonds. The van der Waals surface area contributed by atoms with Crippen LogP contribution in [-0.4, -0.2) is 22.2 Å². The maximum atomic E-state index is 5.08. The lowest BCUT2D eigenvalue weighted by atomic mass is 9.95. The molecule has 1 N–H and O–H groups in total. The Morgan fingerprint density at radius 3 is 3.00 bits per heavy atom. The van der Waals surface area contributed by atoms with E-state index in [9.17, 15) is 0 Å². The highest BCUT2D eigenvalue weighted by Crippen LogP contribution is 2.28. The highest BCUT2D eigenvalue weighted by atomic mass is 32.2. The molecule has 0 radical (unpaired) electrons. The van der Waals surface area contributed by atoms with E-state index in [-0.39, 0.29) is 0 Å². The lowest BCUT2D eigenvalue weighted by Crippen LogP contribution is -2.40. The van der Waals surface area contributed by atoms with E-state index in [1.807, 2.05) is 13.0 Å². The van der Waals surface area contributed by atoms with Crippen LogP contribution < -0.4 is 5.32 Å². The topological polar surface area (TPSA) is 38.1 Å². The van der Waals surface area contributed by atoms with Gasteiger partial charge in [-0.3, -0.25) is 0 Å². The van der Waals surface area contributed by atoms with Crippen molar-refractivity contribution in [1.29, 1.82) is 0 Å². The summed E-state index contributed by atoms with van der Waals surface area (Å²) in [4.78, 5) is 0. The fraction of sp³-hybridized carbons (Fsp3) is 0.769. The molecule has 1 aromatic rings. The number of aryl methyl sites for hydroxylation is 1. The normalized spacial score (nSPS) is 25.1. The molecule has 0 unspecified atom stereocenters. The summed E-state index contributed by atoms with van der Waals surface area (Å²) in [5, 5.41) is 8.45. The summed E-state index contributed by atoms with van der Waals surface area (Å²) in [6.07, 6.45) is 5.40. The van der Waals surface area contributed by atoms with Crippen molar-refractivity contribution in [3.63, 3.8) is 0 Å². The van der Waals surface area contributed by atoms with Crippen LogP contribution in [0, 0.1) is 6.92 Å². The van der Waals surface area contributed by atoms with E-state index in [1.54, 1.807) is 0 Å². The first-order chi connectivity index (χ1) is 8.29. The lowest BCUT2D eigenvalue weighted by Gasteiger charge is -2.31. The van der Waals surface area contributed by atoms with Gasteiger partial charge in [-0.05, 0) is 25.5 Å². The van der Waals surface area contributed by atoms with Crippen molar-refractivity contribution in [2.45, 2.75) is 57.4 Å². The summed E-state index contributed by atoms with van der Waals surface area (Å²) < 4.78 is 5.08. The van der Waals surface area contributed by atoms with Crippen LogP contribution in [0.4, 0.5) is 0 Å². The molecule has 96 valence electrons. The number of aromatic nitrogens is 1. The molecule has 3 nitrogen and oxygen atoms in total. The summed E-state index contributed by atoms with van der Waals surface area (Å²) in [6.45, 7) is 5.02. The van der Waals surface area contributed by atoms with Crippen molar-refractivity contribution in [3.05, 3.63) is 17.5 Å². The van der Waals surface area contributed by atoms with Crippen molar-refractivity contribution < 1.29 is 4.52 Å². The molecule has 1 heterocycles. The van der Waals surface area contributed by atoms with Crippen LogP contribution in [0.5, 0.6) is 0 Å². The maximum Gasteiger partial charge on any atom is 0.133 e. The predicted octanol–water partition coefficient (Wildman–Crippen LogP) is 3.14. The largest absolute Gasteiger partial charge is 0.361 e. The van der Waals surface area contributed by atoms with E-state index < -0.39 is 0 Å². The molecule has 0 aliphatic heterocycles. The van der Waals surface area contributed by atoms with Gasteiger partial charge < -0.3 is 9.84 Å². The van der Waals surface area contributed by atoms with Gasteiger partial charge in [0.15, 0.2) is 0 Å². The molecule has 1 aliphatic rings. The lowest BCUT2D eigenvalue weighted by molar-refractivity contribution is 0.364. The molecular weight excluding hydrogens is 232 g/mol. The summed E-state index contributed by atoms with van der Waals surface area (Å²) >= 11 is 2.09. The smallest absolute Gasteiger partial charge is 0.133 e. The van der Waals surface area contributed by atoms with Gasteiger partial charge in [-0.25, -0.2) is 0 Å². The summed E-state index contributed by atoms with van der Waals surface area (Å²) in [7, 11) is 0.